The average molecular weight is 135 g/mol. The van der Waals surface area contributed by atoms with Crippen LogP contribution in [0.15, 0.2) is 0 Å². The zero-order valence-corrected chi connectivity index (χ0v) is 6.36. The van der Waals surface area contributed by atoms with Gasteiger partial charge in [-0.3, -0.25) is 0 Å². The molecule has 0 unspecified atom stereocenters. The summed E-state index contributed by atoms with van der Waals surface area (Å²) >= 11 is 0. The Kier molecular flexibility index (Phi) is 7.19. The minimum absolute atomic E-state index is 0.375. The maximum atomic E-state index is 11.2. The van der Waals surface area contributed by atoms with Gasteiger partial charge >= 0.3 is 0 Å². The van der Waals surface area contributed by atoms with Gasteiger partial charge < -0.3 is 4.79 Å². The Bertz CT molecular complexity index is 67.9. The van der Waals surface area contributed by atoms with Gasteiger partial charge in [-0.05, 0) is 27.7 Å². The third kappa shape index (κ3) is 35.7. The van der Waals surface area contributed by atoms with Crippen LogP contribution < -0.4 is 5.54 Å². The van der Waals surface area contributed by atoms with E-state index in [0.717, 1.165) is 6.29 Å². The normalized spacial score (nSPS) is 9.44. The van der Waals surface area contributed by atoms with Crippen molar-refractivity contribution in [3.05, 3.63) is 0 Å². The monoisotopic (exact) mass is 135 g/mol. The molecule has 0 aromatic rings. The summed E-state index contributed by atoms with van der Waals surface area (Å²) in [7, 11) is 0. The molecular formula is C6H14FNO. The number of hydrogen-bond acceptors (Lipinski definition) is 2. The maximum Gasteiger partial charge on any atom is 0.116 e. The summed E-state index contributed by atoms with van der Waals surface area (Å²) in [5.74, 6) is 0. The highest BCUT2D eigenvalue weighted by molar-refractivity contribution is 5.44. The van der Waals surface area contributed by atoms with Crippen molar-refractivity contribution in [3.8, 4) is 0 Å². The van der Waals surface area contributed by atoms with Gasteiger partial charge in [-0.15, -0.1) is 4.48 Å². The van der Waals surface area contributed by atoms with E-state index in [9.17, 15) is 4.48 Å². The van der Waals surface area contributed by atoms with Gasteiger partial charge in [0.05, 0.1) is 0 Å². The first-order valence-corrected chi connectivity index (χ1v) is 2.75. The lowest BCUT2D eigenvalue weighted by Gasteiger charge is -2.11. The average Bonchev–Trinajstić information content (AvgIpc) is 1.67. The molecule has 0 heterocycles. The van der Waals surface area contributed by atoms with E-state index in [2.05, 4.69) is 0 Å². The quantitative estimate of drug-likeness (QED) is 0.402. The van der Waals surface area contributed by atoms with Crippen LogP contribution in [0.4, 0.5) is 4.48 Å². The van der Waals surface area contributed by atoms with Gasteiger partial charge in [0.1, 0.15) is 6.29 Å². The Hall–Kier alpha value is -0.440. The van der Waals surface area contributed by atoms with Gasteiger partial charge in [-0.2, -0.15) is 5.54 Å². The van der Waals surface area contributed by atoms with Crippen LogP contribution in [0.5, 0.6) is 0 Å². The van der Waals surface area contributed by atoms with Gasteiger partial charge in [-0.25, -0.2) is 0 Å². The Labute approximate surface area is 55.4 Å². The summed E-state index contributed by atoms with van der Waals surface area (Å²) < 4.78 is 11.2. The van der Waals surface area contributed by atoms with Crippen LogP contribution in [0.1, 0.15) is 27.7 Å². The van der Waals surface area contributed by atoms with Crippen LogP contribution in [0.2, 0.25) is 0 Å². The first kappa shape index (κ1) is 11.4. The third-order valence-electron chi connectivity index (χ3n) is 0.283. The van der Waals surface area contributed by atoms with Gasteiger partial charge in [0.2, 0.25) is 0 Å². The molecule has 3 heteroatoms. The summed E-state index contributed by atoms with van der Waals surface area (Å²) in [5.41, 5.74) is 1.23. The van der Waals surface area contributed by atoms with E-state index in [1.54, 1.807) is 26.3 Å². The lowest BCUT2D eigenvalue weighted by Crippen LogP contribution is -2.28. The highest BCUT2D eigenvalue weighted by Gasteiger charge is 2.05. The van der Waals surface area contributed by atoms with E-state index in [4.69, 9.17) is 4.79 Å². The first-order chi connectivity index (χ1) is 3.97. The molecule has 2 nitrogen and oxygen atoms in total. The van der Waals surface area contributed by atoms with E-state index in [1.807, 2.05) is 0 Å². The molecule has 0 fully saturated rings. The van der Waals surface area contributed by atoms with Crippen molar-refractivity contribution >= 4 is 6.29 Å². The Morgan fingerprint density at radius 2 is 1.56 bits per heavy atom. The number of halogens is 1. The minimum Gasteiger partial charge on any atom is -0.304 e. The van der Waals surface area contributed by atoms with Crippen molar-refractivity contribution in [2.75, 3.05) is 0 Å². The smallest absolute Gasteiger partial charge is 0.116 e. The predicted octanol–water partition coefficient (Wildman–Crippen LogP) is 1.46. The number of hydrogen-bond donors (Lipinski definition) is 1. The molecular weight excluding hydrogens is 121 g/mol. The summed E-state index contributed by atoms with van der Waals surface area (Å²) in [6.07, 6.45) is 0.750. The van der Waals surface area contributed by atoms with Crippen LogP contribution in [-0.4, -0.2) is 11.8 Å². The molecule has 0 saturated carbocycles. The van der Waals surface area contributed by atoms with Crippen LogP contribution in [0, 0.1) is 0 Å². The molecule has 9 heavy (non-hydrogen) atoms. The van der Waals surface area contributed by atoms with Crippen molar-refractivity contribution in [1.29, 1.82) is 0 Å². The molecule has 0 amide bonds. The second kappa shape index (κ2) is 5.69. The summed E-state index contributed by atoms with van der Waals surface area (Å²) in [6, 6.07) is 0. The Balaban J connectivity index is 0. The fraction of sp³-hybridized carbons (Fsp3) is 0.833. The third-order valence-corrected chi connectivity index (χ3v) is 0.283. The fourth-order valence-corrected chi connectivity index (χ4v) is 0. The zero-order chi connectivity index (χ0) is 7.91. The van der Waals surface area contributed by atoms with Crippen LogP contribution in [0.25, 0.3) is 0 Å². The van der Waals surface area contributed by atoms with Crippen LogP contribution >= 0.6 is 0 Å². The van der Waals surface area contributed by atoms with E-state index in [-0.39, 0.29) is 5.54 Å². The first-order valence-electron chi connectivity index (χ1n) is 2.75. The van der Waals surface area contributed by atoms with Crippen molar-refractivity contribution in [1.82, 2.24) is 5.54 Å². The largest absolute Gasteiger partial charge is 0.304 e. The van der Waals surface area contributed by atoms with E-state index in [0.29, 0.717) is 0 Å². The second-order valence-electron chi connectivity index (χ2n) is 2.58. The molecule has 0 saturated heterocycles. The number of carbonyl (C=O) groups excluding carboxylic acids is 1. The highest BCUT2D eigenvalue weighted by atomic mass is 19.2. The molecule has 0 aliphatic heterocycles. The lowest BCUT2D eigenvalue weighted by molar-refractivity contribution is -0.106. The van der Waals surface area contributed by atoms with E-state index < -0.39 is 0 Å². The number of nitrogens with one attached hydrogen (secondary N) is 1. The summed E-state index contributed by atoms with van der Waals surface area (Å²) in [5, 5.41) is 0. The van der Waals surface area contributed by atoms with Crippen LogP contribution in [0.3, 0.4) is 0 Å². The van der Waals surface area contributed by atoms with Crippen molar-refractivity contribution in [2.24, 2.45) is 0 Å². The molecule has 0 rings (SSSR count). The summed E-state index contributed by atoms with van der Waals surface area (Å²) in [6.45, 7) is 6.72. The Morgan fingerprint density at radius 1 is 1.44 bits per heavy atom. The zero-order valence-electron chi connectivity index (χ0n) is 6.36. The van der Waals surface area contributed by atoms with Gasteiger partial charge in [0, 0.05) is 5.54 Å². The number of rotatable bonds is 0. The molecule has 0 bridgehead atoms. The topological polar surface area (TPSA) is 29.1 Å². The lowest BCUT2D eigenvalue weighted by atomic mass is 10.1. The van der Waals surface area contributed by atoms with Crippen molar-refractivity contribution in [2.45, 2.75) is 33.2 Å². The molecule has 1 N–H and O–H groups in total. The standard InChI is InChI=1S/C4H10FN.C2H4O/c1-4(2,3)6-5;1-2-3/h6H,1-3H3;2H,1H3. The fourth-order valence-electron chi connectivity index (χ4n) is 0. The molecule has 0 spiro atoms. The predicted molar refractivity (Wildman–Crippen MR) is 35.7 cm³/mol. The maximum absolute atomic E-state index is 11.2. The number of carbonyl (C=O) groups is 1. The van der Waals surface area contributed by atoms with Gasteiger partial charge in [0.15, 0.2) is 0 Å². The van der Waals surface area contributed by atoms with E-state index >= 15 is 0 Å². The SMILES string of the molecule is CC(C)(C)NF.CC=O. The second-order valence-corrected chi connectivity index (χ2v) is 2.58. The molecule has 0 aliphatic carbocycles. The van der Waals surface area contributed by atoms with Gasteiger partial charge in [-0.1, -0.05) is 0 Å². The minimum atomic E-state index is -0.375. The van der Waals surface area contributed by atoms with Crippen molar-refractivity contribution in [3.63, 3.8) is 0 Å². The van der Waals surface area contributed by atoms with E-state index in [1.165, 1.54) is 6.92 Å². The molecule has 0 aromatic carbocycles. The molecule has 0 aliphatic rings. The van der Waals surface area contributed by atoms with Crippen LogP contribution in [-0.2, 0) is 4.79 Å². The highest BCUT2D eigenvalue weighted by Crippen LogP contribution is 1.95. The molecule has 0 atom stereocenters. The van der Waals surface area contributed by atoms with Crippen molar-refractivity contribution < 1.29 is 9.28 Å². The Morgan fingerprint density at radius 3 is 1.56 bits per heavy atom. The van der Waals surface area contributed by atoms with Gasteiger partial charge in [0.25, 0.3) is 0 Å². The summed E-state index contributed by atoms with van der Waals surface area (Å²) in [4.78, 5) is 8.81. The molecule has 0 radical (unpaired) electrons. The number of aldehydes is 1. The molecule has 0 aromatic heterocycles. The molecule has 56 valence electrons.